The zero-order chi connectivity index (χ0) is 30.0. The lowest BCUT2D eigenvalue weighted by Gasteiger charge is -2.69. The number of carbonyl (C=O) groups excluding carboxylic acids is 1. The van der Waals surface area contributed by atoms with Gasteiger partial charge in [-0.1, -0.05) is 18.2 Å². The summed E-state index contributed by atoms with van der Waals surface area (Å²) in [6.07, 6.45) is -5.28. The highest BCUT2D eigenvalue weighted by Crippen LogP contribution is 2.80. The molecule has 5 saturated carbocycles. The average Bonchev–Trinajstić information content (AvgIpc) is 3.37. The Labute approximate surface area is 245 Å². The highest BCUT2D eigenvalue weighted by molar-refractivity contribution is 5.89. The van der Waals surface area contributed by atoms with Crippen LogP contribution < -0.4 is 0 Å². The van der Waals surface area contributed by atoms with Gasteiger partial charge in [-0.25, -0.2) is 4.79 Å². The van der Waals surface area contributed by atoms with Crippen molar-refractivity contribution in [3.05, 3.63) is 35.9 Å². The zero-order valence-electron chi connectivity index (χ0n) is 24.8. The second-order valence-electron chi connectivity index (χ2n) is 13.7. The van der Waals surface area contributed by atoms with Crippen LogP contribution in [0.1, 0.15) is 23.2 Å². The van der Waals surface area contributed by atoms with Gasteiger partial charge in [0.15, 0.2) is 0 Å². The van der Waals surface area contributed by atoms with Crippen LogP contribution in [0.4, 0.5) is 0 Å². The first-order valence-electron chi connectivity index (χ1n) is 14.9. The van der Waals surface area contributed by atoms with Crippen molar-refractivity contribution in [1.29, 1.82) is 0 Å². The normalized spacial score (nSPS) is 53.7. The zero-order valence-corrected chi connectivity index (χ0v) is 24.8. The van der Waals surface area contributed by atoms with Crippen LogP contribution in [0.2, 0.25) is 0 Å². The van der Waals surface area contributed by atoms with Crippen LogP contribution >= 0.6 is 0 Å². The summed E-state index contributed by atoms with van der Waals surface area (Å²) in [5, 5.41) is 49.4. The molecule has 1 spiro atoms. The lowest BCUT2D eigenvalue weighted by molar-refractivity contribution is -0.318. The maximum Gasteiger partial charge on any atom is 0.338 e. The maximum atomic E-state index is 13.5. The SMILES string of the molecule is COC[C@]12CN(C)C3C4[C@H](OC)[C@@H]1C3([C@@H](OC)C[C@H]2O)[C@@H]1C[C@@]2(O)[C@H](OC(=O)c3ccccc3)[C@@H]1[C@]4(O)[C@@H](O)[C@@H]2OC. The maximum absolute atomic E-state index is 13.5. The first-order chi connectivity index (χ1) is 20.0. The smallest absolute Gasteiger partial charge is 0.338 e. The van der Waals surface area contributed by atoms with Crippen molar-refractivity contribution in [1.82, 2.24) is 4.90 Å². The Balaban J connectivity index is 1.47. The molecule has 4 N–H and O–H groups in total. The second-order valence-corrected chi connectivity index (χ2v) is 13.7. The number of hydrogen-bond donors (Lipinski definition) is 4. The van der Waals surface area contributed by atoms with E-state index >= 15 is 0 Å². The number of nitrogens with zero attached hydrogens (tertiary/aromatic N) is 1. The molecule has 232 valence electrons. The molecule has 1 aliphatic heterocycles. The molecule has 7 rings (SSSR count). The van der Waals surface area contributed by atoms with Crippen LogP contribution in [0.25, 0.3) is 0 Å². The summed E-state index contributed by atoms with van der Waals surface area (Å²) in [6, 6.07) is 8.22. The minimum Gasteiger partial charge on any atom is -0.455 e. The highest BCUT2D eigenvalue weighted by Gasteiger charge is 2.91. The number of piperidine rings is 1. The quantitative estimate of drug-likeness (QED) is 0.311. The molecule has 5 aliphatic carbocycles. The summed E-state index contributed by atoms with van der Waals surface area (Å²) in [6.45, 7) is 0.760. The predicted octanol–water partition coefficient (Wildman–Crippen LogP) is -0.313. The fourth-order valence-electron chi connectivity index (χ4n) is 11.8. The predicted molar refractivity (Wildman–Crippen MR) is 146 cm³/mol. The van der Waals surface area contributed by atoms with Crippen LogP contribution in [0.3, 0.4) is 0 Å². The Morgan fingerprint density at radius 1 is 1.00 bits per heavy atom. The second kappa shape index (κ2) is 9.42. The van der Waals surface area contributed by atoms with Gasteiger partial charge < -0.3 is 49.0 Å². The molecule has 42 heavy (non-hydrogen) atoms. The molecular weight excluding hydrogens is 546 g/mol. The van der Waals surface area contributed by atoms with Crippen LogP contribution in [0.5, 0.6) is 0 Å². The summed E-state index contributed by atoms with van der Waals surface area (Å²) in [5.41, 5.74) is -4.81. The lowest BCUT2D eigenvalue weighted by atomic mass is 9.42. The van der Waals surface area contributed by atoms with Gasteiger partial charge in [0.05, 0.1) is 30.5 Å². The van der Waals surface area contributed by atoms with Gasteiger partial charge in [0.2, 0.25) is 0 Å². The number of methoxy groups -OCH3 is 4. The number of aliphatic hydroxyl groups excluding tert-OH is 2. The number of rotatable bonds is 7. The third kappa shape index (κ3) is 3.05. The van der Waals surface area contributed by atoms with Gasteiger partial charge in [0, 0.05) is 76.0 Å². The summed E-state index contributed by atoms with van der Waals surface area (Å²) in [5.74, 6) is -2.96. The van der Waals surface area contributed by atoms with E-state index < -0.39 is 82.4 Å². The molecule has 11 nitrogen and oxygen atoms in total. The lowest BCUT2D eigenvalue weighted by Crippen LogP contribution is -2.80. The largest absolute Gasteiger partial charge is 0.455 e. The Bertz CT molecular complexity index is 1240. The number of aliphatic hydroxyl groups is 4. The first kappa shape index (κ1) is 29.1. The minimum absolute atomic E-state index is 0.102. The Morgan fingerprint density at radius 3 is 2.33 bits per heavy atom. The molecule has 15 atom stereocenters. The molecule has 3 unspecified atom stereocenters. The number of esters is 1. The Kier molecular flexibility index (Phi) is 6.52. The van der Waals surface area contributed by atoms with Gasteiger partial charge in [0.1, 0.15) is 29.5 Å². The standard InChI is InChI=1S/C31H43NO10/c1-32-13-28(14-38-2)17(33)11-18(39-3)30-16-12-29(36)25(42-27(35)15-9-7-6-8-10-15)19(16)31(37,24(34)26(29)41-5)20(23(30)32)21(40-4)22(28)30/h6-10,16-26,33-34,36-37H,11-14H2,1-5H3/t16-,17-,18+,19-,20?,21+,22+,23?,24+,25-,26+,28+,29-,30?,31-/m1/s1. The molecule has 0 radical (unpaired) electrons. The number of fused-ring (bicyclic) bond motifs is 2. The first-order valence-corrected chi connectivity index (χ1v) is 14.9. The monoisotopic (exact) mass is 589 g/mol. The van der Waals surface area contributed by atoms with E-state index in [0.29, 0.717) is 18.5 Å². The van der Waals surface area contributed by atoms with Crippen molar-refractivity contribution in [2.75, 3.05) is 48.6 Å². The average molecular weight is 590 g/mol. The molecule has 7 bridgehead atoms. The topological polar surface area (TPSA) is 147 Å². The summed E-state index contributed by atoms with van der Waals surface area (Å²) in [4.78, 5) is 15.7. The fraction of sp³-hybridized carbons (Fsp3) is 0.774. The van der Waals surface area contributed by atoms with Crippen molar-refractivity contribution < 1.29 is 48.9 Å². The number of ether oxygens (including phenoxy) is 5. The van der Waals surface area contributed by atoms with Gasteiger partial charge >= 0.3 is 5.97 Å². The van der Waals surface area contributed by atoms with Gasteiger partial charge in [-0.2, -0.15) is 0 Å². The molecule has 1 aromatic carbocycles. The molecule has 0 amide bonds. The number of benzene rings is 1. The molecule has 6 aliphatic rings. The Hall–Kier alpha value is -1.67. The third-order valence-corrected chi connectivity index (χ3v) is 12.6. The minimum atomic E-state index is -1.86. The molecule has 1 heterocycles. The van der Waals surface area contributed by atoms with Crippen LogP contribution in [-0.4, -0.2) is 134 Å². The van der Waals surface area contributed by atoms with Crippen molar-refractivity contribution in [3.63, 3.8) is 0 Å². The Morgan fingerprint density at radius 2 is 1.71 bits per heavy atom. The fourth-order valence-corrected chi connectivity index (χ4v) is 11.8. The van der Waals surface area contributed by atoms with Crippen molar-refractivity contribution >= 4 is 5.97 Å². The van der Waals surface area contributed by atoms with E-state index in [9.17, 15) is 25.2 Å². The molecule has 1 aromatic rings. The number of carbonyl (C=O) groups is 1. The molecule has 6 fully saturated rings. The van der Waals surface area contributed by atoms with Crippen molar-refractivity contribution in [2.24, 2.45) is 34.5 Å². The van der Waals surface area contributed by atoms with E-state index in [1.54, 1.807) is 51.7 Å². The number of hydrogen-bond acceptors (Lipinski definition) is 11. The highest BCUT2D eigenvalue weighted by atomic mass is 16.6. The van der Waals surface area contributed by atoms with Crippen LogP contribution in [0, 0.1) is 34.5 Å². The molecule has 1 saturated heterocycles. The molecular formula is C31H43NO10. The van der Waals surface area contributed by atoms with Crippen LogP contribution in [0.15, 0.2) is 30.3 Å². The van der Waals surface area contributed by atoms with Crippen molar-refractivity contribution in [3.8, 4) is 0 Å². The van der Waals surface area contributed by atoms with E-state index in [1.165, 1.54) is 7.11 Å². The van der Waals surface area contributed by atoms with Gasteiger partial charge in [0.25, 0.3) is 0 Å². The third-order valence-electron chi connectivity index (χ3n) is 12.6. The van der Waals surface area contributed by atoms with Crippen molar-refractivity contribution in [2.45, 2.75) is 66.7 Å². The summed E-state index contributed by atoms with van der Waals surface area (Å²) >= 11 is 0. The van der Waals surface area contributed by atoms with Gasteiger partial charge in [-0.3, -0.25) is 0 Å². The summed E-state index contributed by atoms with van der Waals surface area (Å²) in [7, 11) is 8.22. The summed E-state index contributed by atoms with van der Waals surface area (Å²) < 4.78 is 30.3. The van der Waals surface area contributed by atoms with E-state index in [1.807, 2.05) is 7.05 Å². The number of likely N-dealkylation sites (tertiary alicyclic amines) is 1. The van der Waals surface area contributed by atoms with Crippen LogP contribution in [-0.2, 0) is 23.7 Å². The van der Waals surface area contributed by atoms with E-state index in [4.69, 9.17) is 23.7 Å². The van der Waals surface area contributed by atoms with E-state index in [-0.39, 0.29) is 25.0 Å². The van der Waals surface area contributed by atoms with E-state index in [0.717, 1.165) is 0 Å². The molecule has 0 aromatic heterocycles. The van der Waals surface area contributed by atoms with Gasteiger partial charge in [-0.15, -0.1) is 0 Å². The van der Waals surface area contributed by atoms with E-state index in [2.05, 4.69) is 4.90 Å². The molecule has 11 heteroatoms. The van der Waals surface area contributed by atoms with Gasteiger partial charge in [-0.05, 0) is 31.5 Å².